The number of hydrogen-bond acceptors (Lipinski definition) is 3. The van der Waals surface area contributed by atoms with E-state index in [9.17, 15) is 4.79 Å². The molecule has 0 saturated carbocycles. The summed E-state index contributed by atoms with van der Waals surface area (Å²) in [5, 5.41) is 8.89. The molecule has 94 valence electrons. The second-order valence-electron chi connectivity index (χ2n) is 4.06. The van der Waals surface area contributed by atoms with Crippen molar-refractivity contribution in [2.24, 2.45) is 0 Å². The van der Waals surface area contributed by atoms with Gasteiger partial charge in [0.15, 0.2) is 5.75 Å². The maximum Gasteiger partial charge on any atom is 0.223 e. The van der Waals surface area contributed by atoms with Crippen LogP contribution in [0.1, 0.15) is 16.8 Å². The molecule has 0 amide bonds. The summed E-state index contributed by atoms with van der Waals surface area (Å²) in [6.07, 6.45) is 1.48. The van der Waals surface area contributed by atoms with Gasteiger partial charge in [-0.3, -0.25) is 4.79 Å². The van der Waals surface area contributed by atoms with Crippen molar-refractivity contribution in [1.29, 1.82) is 0 Å². The van der Waals surface area contributed by atoms with Gasteiger partial charge in [0.05, 0.1) is 6.61 Å². The normalized spacial score (nSPS) is 10.3. The average molecular weight is 245 g/mol. The van der Waals surface area contributed by atoms with E-state index in [0.29, 0.717) is 12.3 Å². The SMILES string of the molecule is Cc1ccccc1COc1c[nH]c(CO)cc1=O. The Hall–Kier alpha value is -2.07. The zero-order chi connectivity index (χ0) is 13.0. The number of pyridine rings is 1. The van der Waals surface area contributed by atoms with Crippen LogP contribution in [0, 0.1) is 6.92 Å². The first-order chi connectivity index (χ1) is 8.70. The Morgan fingerprint density at radius 1 is 1.33 bits per heavy atom. The number of aliphatic hydroxyl groups excluding tert-OH is 1. The predicted molar refractivity (Wildman–Crippen MR) is 68.5 cm³/mol. The highest BCUT2D eigenvalue weighted by Crippen LogP contribution is 2.10. The lowest BCUT2D eigenvalue weighted by atomic mass is 10.1. The maximum atomic E-state index is 11.6. The van der Waals surface area contributed by atoms with E-state index >= 15 is 0 Å². The molecule has 0 bridgehead atoms. The summed E-state index contributed by atoms with van der Waals surface area (Å²) in [5.74, 6) is 0.260. The fourth-order valence-electron chi connectivity index (χ4n) is 1.63. The number of aliphatic hydroxyl groups is 1. The maximum absolute atomic E-state index is 11.6. The van der Waals surface area contributed by atoms with E-state index in [2.05, 4.69) is 4.98 Å². The number of hydrogen-bond donors (Lipinski definition) is 2. The van der Waals surface area contributed by atoms with Crippen LogP contribution >= 0.6 is 0 Å². The third kappa shape index (κ3) is 2.78. The van der Waals surface area contributed by atoms with Crippen molar-refractivity contribution in [2.45, 2.75) is 20.1 Å². The zero-order valence-corrected chi connectivity index (χ0v) is 10.1. The van der Waals surface area contributed by atoms with E-state index in [4.69, 9.17) is 9.84 Å². The van der Waals surface area contributed by atoms with Crippen LogP contribution in [0.2, 0.25) is 0 Å². The van der Waals surface area contributed by atoms with Gasteiger partial charge in [-0.15, -0.1) is 0 Å². The molecule has 1 heterocycles. The number of rotatable bonds is 4. The third-order valence-corrected chi connectivity index (χ3v) is 2.75. The minimum atomic E-state index is -0.230. The Bertz CT molecular complexity index is 590. The van der Waals surface area contributed by atoms with E-state index in [1.165, 1.54) is 12.3 Å². The number of H-pyrrole nitrogens is 1. The van der Waals surface area contributed by atoms with Gasteiger partial charge < -0.3 is 14.8 Å². The smallest absolute Gasteiger partial charge is 0.223 e. The summed E-state index contributed by atoms with van der Waals surface area (Å²) in [5.41, 5.74) is 2.42. The minimum absolute atomic E-state index is 0.187. The first-order valence-corrected chi connectivity index (χ1v) is 5.70. The highest BCUT2D eigenvalue weighted by Gasteiger charge is 2.03. The molecular formula is C14H15NO3. The fourth-order valence-corrected chi connectivity index (χ4v) is 1.63. The standard InChI is InChI=1S/C14H15NO3/c1-10-4-2-3-5-11(10)9-18-14-7-15-12(8-16)6-13(14)17/h2-7,16H,8-9H2,1H3,(H,15,17). The van der Waals surface area contributed by atoms with Crippen molar-refractivity contribution in [3.8, 4) is 5.75 Å². The van der Waals surface area contributed by atoms with Crippen molar-refractivity contribution in [1.82, 2.24) is 4.98 Å². The van der Waals surface area contributed by atoms with Gasteiger partial charge >= 0.3 is 0 Å². The molecule has 0 fully saturated rings. The van der Waals surface area contributed by atoms with Crippen molar-refractivity contribution in [3.63, 3.8) is 0 Å². The van der Waals surface area contributed by atoms with Crippen LogP contribution in [0.3, 0.4) is 0 Å². The molecular weight excluding hydrogens is 230 g/mol. The van der Waals surface area contributed by atoms with E-state index in [-0.39, 0.29) is 17.8 Å². The molecule has 0 radical (unpaired) electrons. The molecule has 18 heavy (non-hydrogen) atoms. The number of aryl methyl sites for hydroxylation is 1. The fraction of sp³-hybridized carbons (Fsp3) is 0.214. The lowest BCUT2D eigenvalue weighted by Gasteiger charge is -2.08. The van der Waals surface area contributed by atoms with Crippen LogP contribution in [0.4, 0.5) is 0 Å². The minimum Gasteiger partial charge on any atom is -0.483 e. The van der Waals surface area contributed by atoms with Gasteiger partial charge in [-0.25, -0.2) is 0 Å². The molecule has 0 aliphatic carbocycles. The Kier molecular flexibility index (Phi) is 3.79. The molecule has 0 aliphatic heterocycles. The van der Waals surface area contributed by atoms with Crippen molar-refractivity contribution < 1.29 is 9.84 Å². The monoisotopic (exact) mass is 245 g/mol. The van der Waals surface area contributed by atoms with Gasteiger partial charge in [-0.2, -0.15) is 0 Å². The van der Waals surface area contributed by atoms with Crippen LogP contribution in [0.15, 0.2) is 41.3 Å². The number of ether oxygens (including phenoxy) is 1. The number of benzene rings is 1. The highest BCUT2D eigenvalue weighted by molar-refractivity contribution is 5.26. The molecule has 1 aromatic heterocycles. The highest BCUT2D eigenvalue weighted by atomic mass is 16.5. The molecule has 4 heteroatoms. The lowest BCUT2D eigenvalue weighted by Crippen LogP contribution is -2.10. The number of aromatic nitrogens is 1. The molecule has 0 saturated heterocycles. The summed E-state index contributed by atoms with van der Waals surface area (Å²) in [6.45, 7) is 2.17. The summed E-state index contributed by atoms with van der Waals surface area (Å²) < 4.78 is 5.48. The Balaban J connectivity index is 2.11. The quantitative estimate of drug-likeness (QED) is 0.862. The van der Waals surface area contributed by atoms with Crippen LogP contribution in [0.5, 0.6) is 5.75 Å². The summed E-state index contributed by atoms with van der Waals surface area (Å²) >= 11 is 0. The molecule has 0 atom stereocenters. The van der Waals surface area contributed by atoms with E-state index in [0.717, 1.165) is 11.1 Å². The molecule has 2 rings (SSSR count). The van der Waals surface area contributed by atoms with Gasteiger partial charge in [-0.05, 0) is 18.1 Å². The van der Waals surface area contributed by atoms with E-state index < -0.39 is 0 Å². The van der Waals surface area contributed by atoms with Gasteiger partial charge in [-0.1, -0.05) is 24.3 Å². The molecule has 2 N–H and O–H groups in total. The first-order valence-electron chi connectivity index (χ1n) is 5.70. The molecule has 0 unspecified atom stereocenters. The molecule has 0 aliphatic rings. The Morgan fingerprint density at radius 2 is 2.11 bits per heavy atom. The molecule has 4 nitrogen and oxygen atoms in total. The van der Waals surface area contributed by atoms with Crippen LogP contribution in [-0.2, 0) is 13.2 Å². The average Bonchev–Trinajstić information content (AvgIpc) is 2.39. The molecule has 0 spiro atoms. The summed E-state index contributed by atoms with van der Waals surface area (Å²) in [6, 6.07) is 9.20. The first kappa shape index (κ1) is 12.4. The summed E-state index contributed by atoms with van der Waals surface area (Å²) in [4.78, 5) is 14.5. The lowest BCUT2D eigenvalue weighted by molar-refractivity contribution is 0.274. The van der Waals surface area contributed by atoms with Crippen LogP contribution < -0.4 is 10.2 Å². The van der Waals surface area contributed by atoms with Crippen molar-refractivity contribution >= 4 is 0 Å². The van der Waals surface area contributed by atoms with Crippen molar-refractivity contribution in [3.05, 3.63) is 63.6 Å². The largest absolute Gasteiger partial charge is 0.483 e. The van der Waals surface area contributed by atoms with Crippen LogP contribution in [0.25, 0.3) is 0 Å². The van der Waals surface area contributed by atoms with Crippen molar-refractivity contribution in [2.75, 3.05) is 0 Å². The second-order valence-corrected chi connectivity index (χ2v) is 4.06. The van der Waals surface area contributed by atoms with E-state index in [1.54, 1.807) is 0 Å². The molecule has 1 aromatic carbocycles. The number of nitrogens with one attached hydrogen (secondary N) is 1. The van der Waals surface area contributed by atoms with Gasteiger partial charge in [0, 0.05) is 18.0 Å². The number of aromatic amines is 1. The zero-order valence-electron chi connectivity index (χ0n) is 10.1. The van der Waals surface area contributed by atoms with E-state index in [1.807, 2.05) is 31.2 Å². The van der Waals surface area contributed by atoms with Gasteiger partial charge in [0.1, 0.15) is 6.61 Å². The second kappa shape index (κ2) is 5.51. The Morgan fingerprint density at radius 3 is 2.78 bits per heavy atom. The summed E-state index contributed by atoms with van der Waals surface area (Å²) in [7, 11) is 0. The Labute approximate surface area is 105 Å². The third-order valence-electron chi connectivity index (χ3n) is 2.75. The van der Waals surface area contributed by atoms with Crippen LogP contribution in [-0.4, -0.2) is 10.1 Å². The van der Waals surface area contributed by atoms with Gasteiger partial charge in [0.25, 0.3) is 0 Å². The van der Waals surface area contributed by atoms with Gasteiger partial charge in [0.2, 0.25) is 5.43 Å². The molecule has 2 aromatic rings. The predicted octanol–water partition coefficient (Wildman–Crippen LogP) is 1.75. The topological polar surface area (TPSA) is 62.3 Å².